The summed E-state index contributed by atoms with van der Waals surface area (Å²) >= 11 is 5.60. The third kappa shape index (κ3) is 3.59. The van der Waals surface area contributed by atoms with Gasteiger partial charge in [0.15, 0.2) is 0 Å². The summed E-state index contributed by atoms with van der Waals surface area (Å²) in [6.07, 6.45) is 4.35. The summed E-state index contributed by atoms with van der Waals surface area (Å²) in [7, 11) is 0. The Morgan fingerprint density at radius 3 is 2.77 bits per heavy atom. The van der Waals surface area contributed by atoms with Gasteiger partial charge in [-0.25, -0.2) is 9.97 Å². The molecule has 0 aliphatic carbocycles. The molecule has 0 amide bonds. The molecule has 4 heteroatoms. The first-order valence-corrected chi connectivity index (χ1v) is 4.81. The molecule has 0 radical (unpaired) electrons. The summed E-state index contributed by atoms with van der Waals surface area (Å²) < 4.78 is 0. The topological polar surface area (TPSA) is 37.8 Å². The van der Waals surface area contributed by atoms with Gasteiger partial charge in [0.25, 0.3) is 0 Å². The second-order valence-corrected chi connectivity index (χ2v) is 3.51. The average Bonchev–Trinajstić information content (AvgIpc) is 2.16. The number of nitrogens with zero attached hydrogens (tertiary/aromatic N) is 2. The second kappa shape index (κ2) is 5.02. The van der Waals surface area contributed by atoms with E-state index in [1.807, 2.05) is 0 Å². The Labute approximate surface area is 83.5 Å². The third-order valence-corrected chi connectivity index (χ3v) is 2.14. The molecule has 1 unspecified atom stereocenters. The Bertz CT molecular complexity index is 248. The number of halogens is 1. The van der Waals surface area contributed by atoms with Gasteiger partial charge in [-0.3, -0.25) is 0 Å². The van der Waals surface area contributed by atoms with Crippen LogP contribution in [0.25, 0.3) is 0 Å². The monoisotopic (exact) mass is 199 g/mol. The first kappa shape index (κ1) is 10.3. The van der Waals surface area contributed by atoms with Crippen molar-refractivity contribution in [2.24, 2.45) is 5.92 Å². The first-order valence-electron chi connectivity index (χ1n) is 4.43. The zero-order chi connectivity index (χ0) is 9.68. The normalized spacial score (nSPS) is 12.5. The van der Waals surface area contributed by atoms with Crippen molar-refractivity contribution in [3.63, 3.8) is 0 Å². The molecule has 1 rings (SSSR count). The number of hydrogen-bond acceptors (Lipinski definition) is 3. The van der Waals surface area contributed by atoms with Crippen LogP contribution in [0.2, 0.25) is 5.15 Å². The molecule has 1 aromatic rings. The van der Waals surface area contributed by atoms with Crippen LogP contribution in [0.1, 0.15) is 20.3 Å². The van der Waals surface area contributed by atoms with Crippen LogP contribution in [-0.2, 0) is 0 Å². The Morgan fingerprint density at radius 2 is 2.23 bits per heavy atom. The molecule has 1 N–H and O–H groups in total. The van der Waals surface area contributed by atoms with E-state index in [4.69, 9.17) is 11.6 Å². The number of hydrogen-bond donors (Lipinski definition) is 1. The molecule has 0 aliphatic heterocycles. The van der Waals surface area contributed by atoms with Crippen molar-refractivity contribution in [3.05, 3.63) is 17.5 Å². The van der Waals surface area contributed by atoms with E-state index in [1.54, 1.807) is 12.4 Å². The van der Waals surface area contributed by atoms with Gasteiger partial charge in [0.05, 0.1) is 12.4 Å². The first-order chi connectivity index (χ1) is 6.22. The average molecular weight is 200 g/mol. The molecule has 0 aliphatic rings. The van der Waals surface area contributed by atoms with Gasteiger partial charge in [-0.05, 0) is 5.92 Å². The standard InChI is InChI=1S/C9H14ClN3/c1-3-7(2)4-12-9-6-11-8(10)5-13-9/h5-7H,3-4H2,1-2H3,(H,12,13). The summed E-state index contributed by atoms with van der Waals surface area (Å²) in [6, 6.07) is 0. The molecule has 1 aromatic heterocycles. The van der Waals surface area contributed by atoms with E-state index in [9.17, 15) is 0 Å². The van der Waals surface area contributed by atoms with Crippen molar-refractivity contribution in [1.29, 1.82) is 0 Å². The molecule has 72 valence electrons. The quantitative estimate of drug-likeness (QED) is 0.810. The molecular weight excluding hydrogens is 186 g/mol. The highest BCUT2D eigenvalue weighted by Crippen LogP contribution is 2.07. The van der Waals surface area contributed by atoms with Gasteiger partial charge in [-0.15, -0.1) is 0 Å². The Morgan fingerprint density at radius 1 is 1.46 bits per heavy atom. The van der Waals surface area contributed by atoms with Crippen LogP contribution in [0.3, 0.4) is 0 Å². The molecule has 1 atom stereocenters. The fourth-order valence-corrected chi connectivity index (χ4v) is 0.924. The minimum atomic E-state index is 0.425. The summed E-state index contributed by atoms with van der Waals surface area (Å²) in [5.74, 6) is 1.43. The number of aromatic nitrogens is 2. The maximum atomic E-state index is 5.60. The molecular formula is C9H14ClN3. The predicted octanol–water partition coefficient (Wildman–Crippen LogP) is 2.59. The van der Waals surface area contributed by atoms with Crippen LogP contribution in [0.5, 0.6) is 0 Å². The largest absolute Gasteiger partial charge is 0.369 e. The van der Waals surface area contributed by atoms with E-state index >= 15 is 0 Å². The van der Waals surface area contributed by atoms with Crippen LogP contribution in [-0.4, -0.2) is 16.5 Å². The fraction of sp³-hybridized carbons (Fsp3) is 0.556. The maximum Gasteiger partial charge on any atom is 0.147 e. The van der Waals surface area contributed by atoms with Crippen LogP contribution in [0, 0.1) is 5.92 Å². The Balaban J connectivity index is 2.41. The van der Waals surface area contributed by atoms with Crippen molar-refractivity contribution in [3.8, 4) is 0 Å². The van der Waals surface area contributed by atoms with Crippen LogP contribution in [0.15, 0.2) is 12.4 Å². The smallest absolute Gasteiger partial charge is 0.147 e. The van der Waals surface area contributed by atoms with Gasteiger partial charge in [0, 0.05) is 6.54 Å². The van der Waals surface area contributed by atoms with Crippen LogP contribution >= 0.6 is 11.6 Å². The minimum Gasteiger partial charge on any atom is -0.369 e. The molecule has 13 heavy (non-hydrogen) atoms. The van der Waals surface area contributed by atoms with E-state index in [1.165, 1.54) is 0 Å². The molecule has 0 spiro atoms. The summed E-state index contributed by atoms with van der Waals surface area (Å²) in [4.78, 5) is 8.00. The van der Waals surface area contributed by atoms with Crippen molar-refractivity contribution < 1.29 is 0 Å². The lowest BCUT2D eigenvalue weighted by Crippen LogP contribution is -2.11. The second-order valence-electron chi connectivity index (χ2n) is 3.12. The van der Waals surface area contributed by atoms with Crippen molar-refractivity contribution >= 4 is 17.4 Å². The highest BCUT2D eigenvalue weighted by atomic mass is 35.5. The van der Waals surface area contributed by atoms with Crippen molar-refractivity contribution in [2.75, 3.05) is 11.9 Å². The SMILES string of the molecule is CCC(C)CNc1cnc(Cl)cn1. The predicted molar refractivity (Wildman–Crippen MR) is 55.0 cm³/mol. The van der Waals surface area contributed by atoms with E-state index in [0.717, 1.165) is 18.8 Å². The third-order valence-electron chi connectivity index (χ3n) is 1.95. The van der Waals surface area contributed by atoms with Gasteiger partial charge >= 0.3 is 0 Å². The van der Waals surface area contributed by atoms with Gasteiger partial charge in [-0.2, -0.15) is 0 Å². The lowest BCUT2D eigenvalue weighted by molar-refractivity contribution is 0.592. The molecule has 0 bridgehead atoms. The molecule has 0 saturated carbocycles. The van der Waals surface area contributed by atoms with Gasteiger partial charge < -0.3 is 5.32 Å². The molecule has 0 fully saturated rings. The molecule has 0 aromatic carbocycles. The summed E-state index contributed by atoms with van der Waals surface area (Å²) in [5, 5.41) is 3.62. The highest BCUT2D eigenvalue weighted by molar-refractivity contribution is 6.29. The number of anilines is 1. The number of rotatable bonds is 4. The zero-order valence-electron chi connectivity index (χ0n) is 7.92. The van der Waals surface area contributed by atoms with Gasteiger partial charge in [0.1, 0.15) is 11.0 Å². The zero-order valence-corrected chi connectivity index (χ0v) is 8.67. The summed E-state index contributed by atoms with van der Waals surface area (Å²) in [6.45, 7) is 5.28. The lowest BCUT2D eigenvalue weighted by Gasteiger charge is -2.09. The molecule has 0 saturated heterocycles. The van der Waals surface area contributed by atoms with Gasteiger partial charge in [-0.1, -0.05) is 31.9 Å². The summed E-state index contributed by atoms with van der Waals surface area (Å²) in [5.41, 5.74) is 0. The van der Waals surface area contributed by atoms with E-state index in [0.29, 0.717) is 11.1 Å². The minimum absolute atomic E-state index is 0.425. The van der Waals surface area contributed by atoms with E-state index in [-0.39, 0.29) is 0 Å². The van der Waals surface area contributed by atoms with Gasteiger partial charge in [0.2, 0.25) is 0 Å². The van der Waals surface area contributed by atoms with E-state index in [2.05, 4.69) is 29.1 Å². The van der Waals surface area contributed by atoms with E-state index < -0.39 is 0 Å². The number of nitrogens with one attached hydrogen (secondary N) is 1. The van der Waals surface area contributed by atoms with Crippen LogP contribution in [0.4, 0.5) is 5.82 Å². The fourth-order valence-electron chi connectivity index (χ4n) is 0.827. The Hall–Kier alpha value is -0.830. The maximum absolute atomic E-state index is 5.60. The highest BCUT2D eigenvalue weighted by Gasteiger charge is 1.99. The van der Waals surface area contributed by atoms with Crippen LogP contribution < -0.4 is 5.32 Å². The van der Waals surface area contributed by atoms with Crippen molar-refractivity contribution in [2.45, 2.75) is 20.3 Å². The Kier molecular flexibility index (Phi) is 3.96. The lowest BCUT2D eigenvalue weighted by atomic mass is 10.1. The molecule has 3 nitrogen and oxygen atoms in total. The molecule has 1 heterocycles. The van der Waals surface area contributed by atoms with Crippen molar-refractivity contribution in [1.82, 2.24) is 9.97 Å².